The Kier molecular flexibility index (Phi) is 3.79. The van der Waals surface area contributed by atoms with Gasteiger partial charge >= 0.3 is 0 Å². The van der Waals surface area contributed by atoms with Crippen LogP contribution in [0.25, 0.3) is 0 Å². The summed E-state index contributed by atoms with van der Waals surface area (Å²) in [6, 6.07) is 7.55. The minimum absolute atomic E-state index is 0.0261. The Morgan fingerprint density at radius 3 is 3.05 bits per heavy atom. The van der Waals surface area contributed by atoms with Crippen molar-refractivity contribution in [1.82, 2.24) is 0 Å². The number of carbonyl (C=O) groups is 1. The first-order valence-electron chi connectivity index (χ1n) is 6.22. The SMILES string of the molecule is O=C(c1cc(Br)ccc1Cl)C1CCCc2sccc21. The molecule has 2 aromatic rings. The number of fused-ring (bicyclic) bond motifs is 1. The van der Waals surface area contributed by atoms with Crippen molar-refractivity contribution in [3.63, 3.8) is 0 Å². The molecule has 0 aliphatic heterocycles. The second-order valence-electron chi connectivity index (χ2n) is 4.73. The smallest absolute Gasteiger partial charge is 0.171 e. The molecule has 0 amide bonds. The molecule has 3 rings (SSSR count). The number of ketones is 1. The predicted octanol–water partition coefficient (Wildman–Crippen LogP) is 5.47. The van der Waals surface area contributed by atoms with Gasteiger partial charge in [0.05, 0.1) is 5.02 Å². The first-order valence-corrected chi connectivity index (χ1v) is 8.27. The molecule has 1 unspecified atom stereocenters. The normalized spacial score (nSPS) is 18.1. The first kappa shape index (κ1) is 13.3. The molecule has 1 heterocycles. The lowest BCUT2D eigenvalue weighted by Crippen LogP contribution is -2.17. The standard InChI is InChI=1S/C15H12BrClOS/c16-9-4-5-13(17)12(8-9)15(18)11-2-1-3-14-10(11)6-7-19-14/h4-8,11H,1-3H2. The van der Waals surface area contributed by atoms with Gasteiger partial charge in [-0.15, -0.1) is 11.3 Å². The third-order valence-electron chi connectivity index (χ3n) is 3.56. The van der Waals surface area contributed by atoms with Crippen LogP contribution in [0.1, 0.15) is 39.6 Å². The fraction of sp³-hybridized carbons (Fsp3) is 0.267. The van der Waals surface area contributed by atoms with Crippen LogP contribution in [0, 0.1) is 0 Å². The van der Waals surface area contributed by atoms with E-state index in [0.717, 1.165) is 23.7 Å². The summed E-state index contributed by atoms with van der Waals surface area (Å²) in [6.45, 7) is 0. The third-order valence-corrected chi connectivity index (χ3v) is 5.38. The molecule has 4 heteroatoms. The third kappa shape index (κ3) is 2.51. The largest absolute Gasteiger partial charge is 0.293 e. The van der Waals surface area contributed by atoms with Crippen LogP contribution in [0.5, 0.6) is 0 Å². The summed E-state index contributed by atoms with van der Waals surface area (Å²) in [5.41, 5.74) is 1.83. The van der Waals surface area contributed by atoms with E-state index in [0.29, 0.717) is 10.6 Å². The maximum atomic E-state index is 12.7. The van der Waals surface area contributed by atoms with E-state index in [9.17, 15) is 4.79 Å². The van der Waals surface area contributed by atoms with E-state index in [4.69, 9.17) is 11.6 Å². The van der Waals surface area contributed by atoms with Crippen LogP contribution in [-0.2, 0) is 6.42 Å². The highest BCUT2D eigenvalue weighted by Crippen LogP contribution is 2.38. The van der Waals surface area contributed by atoms with Crippen molar-refractivity contribution in [2.24, 2.45) is 0 Å². The number of hydrogen-bond donors (Lipinski definition) is 0. The molecule has 0 radical (unpaired) electrons. The highest BCUT2D eigenvalue weighted by molar-refractivity contribution is 9.10. The lowest BCUT2D eigenvalue weighted by Gasteiger charge is -2.22. The van der Waals surface area contributed by atoms with Gasteiger partial charge in [0.15, 0.2) is 5.78 Å². The summed E-state index contributed by atoms with van der Waals surface area (Å²) >= 11 is 11.3. The number of Topliss-reactive ketones (excluding diaryl/α,β-unsaturated/α-hetero) is 1. The van der Waals surface area contributed by atoms with Crippen LogP contribution >= 0.6 is 38.9 Å². The van der Waals surface area contributed by atoms with Crippen LogP contribution in [0.2, 0.25) is 5.02 Å². The lowest BCUT2D eigenvalue weighted by atomic mass is 9.82. The monoisotopic (exact) mass is 354 g/mol. The van der Waals surface area contributed by atoms with Crippen molar-refractivity contribution in [1.29, 1.82) is 0 Å². The van der Waals surface area contributed by atoms with Gasteiger partial charge < -0.3 is 0 Å². The number of halogens is 2. The summed E-state index contributed by atoms with van der Waals surface area (Å²) < 4.78 is 0.890. The van der Waals surface area contributed by atoms with Gasteiger partial charge in [-0.1, -0.05) is 27.5 Å². The van der Waals surface area contributed by atoms with Gasteiger partial charge in [0.1, 0.15) is 0 Å². The summed E-state index contributed by atoms with van der Waals surface area (Å²) in [5, 5.41) is 2.62. The van der Waals surface area contributed by atoms with Gasteiger partial charge in [0.25, 0.3) is 0 Å². The Balaban J connectivity index is 2.00. The Bertz CT molecular complexity index is 635. The molecule has 0 spiro atoms. The molecule has 1 nitrogen and oxygen atoms in total. The van der Waals surface area contributed by atoms with Crippen LogP contribution in [0.3, 0.4) is 0 Å². The van der Waals surface area contributed by atoms with Crippen LogP contribution in [-0.4, -0.2) is 5.78 Å². The number of benzene rings is 1. The van der Waals surface area contributed by atoms with Gasteiger partial charge in [-0.3, -0.25) is 4.79 Å². The van der Waals surface area contributed by atoms with Crippen molar-refractivity contribution < 1.29 is 4.79 Å². The zero-order valence-corrected chi connectivity index (χ0v) is 13.3. The van der Waals surface area contributed by atoms with Gasteiger partial charge in [-0.2, -0.15) is 0 Å². The van der Waals surface area contributed by atoms with Crippen molar-refractivity contribution >= 4 is 44.7 Å². The van der Waals surface area contributed by atoms with Gasteiger partial charge in [0, 0.05) is 20.8 Å². The zero-order chi connectivity index (χ0) is 13.4. The summed E-state index contributed by atoms with van der Waals surface area (Å²) in [7, 11) is 0. The van der Waals surface area contributed by atoms with E-state index in [1.165, 1.54) is 10.4 Å². The molecular weight excluding hydrogens is 344 g/mol. The zero-order valence-electron chi connectivity index (χ0n) is 10.2. The molecule has 98 valence electrons. The fourth-order valence-electron chi connectivity index (χ4n) is 2.63. The maximum Gasteiger partial charge on any atom is 0.171 e. The fourth-order valence-corrected chi connectivity index (χ4v) is 4.19. The molecule has 1 aromatic carbocycles. The lowest BCUT2D eigenvalue weighted by molar-refractivity contribution is 0.0951. The molecular formula is C15H12BrClOS. The summed E-state index contributed by atoms with van der Waals surface area (Å²) in [4.78, 5) is 14.1. The second-order valence-corrected chi connectivity index (χ2v) is 7.06. The molecule has 1 aromatic heterocycles. The van der Waals surface area contributed by atoms with E-state index in [-0.39, 0.29) is 11.7 Å². The topological polar surface area (TPSA) is 17.1 Å². The Labute approximate surface area is 129 Å². The van der Waals surface area contributed by atoms with Gasteiger partial charge in [0.2, 0.25) is 0 Å². The predicted molar refractivity (Wildman–Crippen MR) is 83.5 cm³/mol. The van der Waals surface area contributed by atoms with Crippen molar-refractivity contribution in [3.05, 3.63) is 55.1 Å². The van der Waals surface area contributed by atoms with Gasteiger partial charge in [-0.05, 0) is 54.5 Å². The van der Waals surface area contributed by atoms with E-state index in [1.807, 2.05) is 12.1 Å². The number of hydrogen-bond acceptors (Lipinski definition) is 2. The average Bonchev–Trinajstić information content (AvgIpc) is 2.89. The van der Waals surface area contributed by atoms with E-state index < -0.39 is 0 Å². The molecule has 0 bridgehead atoms. The Hall–Kier alpha value is -0.640. The van der Waals surface area contributed by atoms with E-state index in [1.54, 1.807) is 17.4 Å². The maximum absolute atomic E-state index is 12.7. The van der Waals surface area contributed by atoms with Gasteiger partial charge in [-0.25, -0.2) is 0 Å². The molecule has 0 N–H and O–H groups in total. The first-order chi connectivity index (χ1) is 9.16. The summed E-state index contributed by atoms with van der Waals surface area (Å²) in [6.07, 6.45) is 3.10. The minimum atomic E-state index is -0.0261. The number of rotatable bonds is 2. The molecule has 1 aliphatic carbocycles. The molecule has 0 saturated carbocycles. The van der Waals surface area contributed by atoms with Crippen molar-refractivity contribution in [2.75, 3.05) is 0 Å². The molecule has 1 atom stereocenters. The minimum Gasteiger partial charge on any atom is -0.293 e. The van der Waals surface area contributed by atoms with Crippen molar-refractivity contribution in [2.45, 2.75) is 25.2 Å². The van der Waals surface area contributed by atoms with Crippen molar-refractivity contribution in [3.8, 4) is 0 Å². The quantitative estimate of drug-likeness (QED) is 0.653. The second kappa shape index (κ2) is 5.39. The molecule has 19 heavy (non-hydrogen) atoms. The Morgan fingerprint density at radius 1 is 1.37 bits per heavy atom. The van der Waals surface area contributed by atoms with E-state index in [2.05, 4.69) is 27.4 Å². The molecule has 0 saturated heterocycles. The number of aryl methyl sites for hydroxylation is 1. The van der Waals surface area contributed by atoms with Crippen LogP contribution < -0.4 is 0 Å². The molecule has 0 fully saturated rings. The highest BCUT2D eigenvalue weighted by atomic mass is 79.9. The average molecular weight is 356 g/mol. The highest BCUT2D eigenvalue weighted by Gasteiger charge is 2.29. The number of thiophene rings is 1. The van der Waals surface area contributed by atoms with Crippen LogP contribution in [0.4, 0.5) is 0 Å². The van der Waals surface area contributed by atoms with Crippen LogP contribution in [0.15, 0.2) is 34.1 Å². The van der Waals surface area contributed by atoms with E-state index >= 15 is 0 Å². The number of carbonyl (C=O) groups excluding carboxylic acids is 1. The Morgan fingerprint density at radius 2 is 2.21 bits per heavy atom. The summed E-state index contributed by atoms with van der Waals surface area (Å²) in [5.74, 6) is 0.118. The molecule has 1 aliphatic rings.